The number of rotatable bonds is 3. The van der Waals surface area contributed by atoms with Crippen LogP contribution < -0.4 is 5.32 Å². The van der Waals surface area contributed by atoms with Crippen LogP contribution in [0.25, 0.3) is 0 Å². The van der Waals surface area contributed by atoms with E-state index in [0.29, 0.717) is 17.2 Å². The first-order valence-corrected chi connectivity index (χ1v) is 6.51. The summed E-state index contributed by atoms with van der Waals surface area (Å²) in [7, 11) is 0. The Morgan fingerprint density at radius 3 is 2.81 bits per heavy atom. The minimum absolute atomic E-state index is 0.296. The zero-order chi connectivity index (χ0) is 11.4. The van der Waals surface area contributed by atoms with E-state index in [2.05, 4.69) is 23.3 Å². The smallest absolute Gasteiger partial charge is 0.133 e. The minimum Gasteiger partial charge on any atom is -0.307 e. The molecule has 0 saturated heterocycles. The molecular formula is C13H19ClN2. The Bertz CT molecular complexity index is 334. The Hall–Kier alpha value is -0.600. The molecular weight excluding hydrogens is 220 g/mol. The molecule has 1 aliphatic rings. The summed E-state index contributed by atoms with van der Waals surface area (Å²) in [5.41, 5.74) is 1.11. The van der Waals surface area contributed by atoms with Crippen molar-refractivity contribution in [1.29, 1.82) is 0 Å². The number of pyridine rings is 1. The molecule has 1 aliphatic carbocycles. The molecule has 1 aromatic rings. The van der Waals surface area contributed by atoms with Gasteiger partial charge in [-0.1, -0.05) is 36.9 Å². The topological polar surface area (TPSA) is 24.9 Å². The van der Waals surface area contributed by atoms with Crippen molar-refractivity contribution >= 4 is 11.6 Å². The molecule has 0 radical (unpaired) electrons. The van der Waals surface area contributed by atoms with Crippen molar-refractivity contribution in [3.63, 3.8) is 0 Å². The summed E-state index contributed by atoms with van der Waals surface area (Å²) in [5, 5.41) is 4.27. The zero-order valence-corrected chi connectivity index (χ0v) is 10.5. The van der Waals surface area contributed by atoms with Gasteiger partial charge in [-0.3, -0.25) is 0 Å². The van der Waals surface area contributed by atoms with Crippen LogP contribution in [0.3, 0.4) is 0 Å². The van der Waals surface area contributed by atoms with Gasteiger partial charge in [-0.25, -0.2) is 4.98 Å². The van der Waals surface area contributed by atoms with Crippen LogP contribution in [0.1, 0.15) is 50.6 Å². The number of hydrogen-bond donors (Lipinski definition) is 1. The Morgan fingerprint density at radius 2 is 2.12 bits per heavy atom. The number of aromatic nitrogens is 1. The molecule has 1 atom stereocenters. The van der Waals surface area contributed by atoms with Crippen molar-refractivity contribution in [2.75, 3.05) is 0 Å². The predicted octanol–water partition coefficient (Wildman–Crippen LogP) is 3.72. The molecule has 0 bridgehead atoms. The summed E-state index contributed by atoms with van der Waals surface area (Å²) in [6, 6.07) is 4.94. The predicted molar refractivity (Wildman–Crippen MR) is 67.7 cm³/mol. The van der Waals surface area contributed by atoms with Crippen molar-refractivity contribution < 1.29 is 0 Å². The summed E-state index contributed by atoms with van der Waals surface area (Å²) in [4.78, 5) is 4.12. The molecule has 1 aromatic heterocycles. The lowest BCUT2D eigenvalue weighted by Gasteiger charge is -2.27. The molecule has 1 unspecified atom stereocenters. The van der Waals surface area contributed by atoms with Crippen LogP contribution in [-0.2, 0) is 0 Å². The molecule has 0 amide bonds. The van der Waals surface area contributed by atoms with Gasteiger partial charge in [0.25, 0.3) is 0 Å². The van der Waals surface area contributed by atoms with Gasteiger partial charge in [-0.2, -0.15) is 0 Å². The Morgan fingerprint density at radius 1 is 1.38 bits per heavy atom. The van der Waals surface area contributed by atoms with Gasteiger partial charge in [0.05, 0.1) is 0 Å². The molecule has 0 spiro atoms. The van der Waals surface area contributed by atoms with Crippen molar-refractivity contribution in [2.24, 2.45) is 0 Å². The molecule has 1 N–H and O–H groups in total. The highest BCUT2D eigenvalue weighted by Gasteiger charge is 2.17. The Labute approximate surface area is 102 Å². The van der Waals surface area contributed by atoms with Gasteiger partial charge in [0.1, 0.15) is 5.15 Å². The van der Waals surface area contributed by atoms with Gasteiger partial charge in [0, 0.05) is 23.8 Å². The van der Waals surface area contributed by atoms with Crippen LogP contribution in [0.15, 0.2) is 18.3 Å². The fourth-order valence-corrected chi connectivity index (χ4v) is 2.72. The average molecular weight is 239 g/mol. The highest BCUT2D eigenvalue weighted by Crippen LogP contribution is 2.24. The van der Waals surface area contributed by atoms with Gasteiger partial charge in [0.2, 0.25) is 0 Å². The second kappa shape index (κ2) is 5.65. The second-order valence-electron chi connectivity index (χ2n) is 4.61. The largest absolute Gasteiger partial charge is 0.307 e. The summed E-state index contributed by atoms with van der Waals surface area (Å²) >= 11 is 6.09. The number of nitrogens with one attached hydrogen (secondary N) is 1. The molecule has 0 aliphatic heterocycles. The van der Waals surface area contributed by atoms with E-state index >= 15 is 0 Å². The van der Waals surface area contributed by atoms with E-state index in [1.54, 1.807) is 6.20 Å². The summed E-state index contributed by atoms with van der Waals surface area (Å²) in [6.45, 7) is 2.16. The lowest BCUT2D eigenvalue weighted by atomic mass is 9.94. The molecule has 2 nitrogen and oxygen atoms in total. The molecule has 1 heterocycles. The molecule has 3 heteroatoms. The van der Waals surface area contributed by atoms with Crippen LogP contribution in [0.5, 0.6) is 0 Å². The van der Waals surface area contributed by atoms with Crippen LogP contribution >= 0.6 is 11.6 Å². The van der Waals surface area contributed by atoms with Gasteiger partial charge in [-0.15, -0.1) is 0 Å². The lowest BCUT2D eigenvalue weighted by Crippen LogP contribution is -2.33. The van der Waals surface area contributed by atoms with Crippen molar-refractivity contribution in [1.82, 2.24) is 10.3 Å². The summed E-state index contributed by atoms with van der Waals surface area (Å²) in [5.74, 6) is 0. The third-order valence-corrected chi connectivity index (χ3v) is 3.66. The first kappa shape index (κ1) is 11.9. The maximum Gasteiger partial charge on any atom is 0.133 e. The van der Waals surface area contributed by atoms with Gasteiger partial charge in [-0.05, 0) is 25.8 Å². The zero-order valence-electron chi connectivity index (χ0n) is 9.75. The van der Waals surface area contributed by atoms with E-state index in [-0.39, 0.29) is 0 Å². The third kappa shape index (κ3) is 2.96. The fraction of sp³-hybridized carbons (Fsp3) is 0.615. The van der Waals surface area contributed by atoms with Crippen LogP contribution in [0.2, 0.25) is 5.15 Å². The van der Waals surface area contributed by atoms with Crippen molar-refractivity contribution in [2.45, 2.75) is 51.1 Å². The second-order valence-corrected chi connectivity index (χ2v) is 4.96. The van der Waals surface area contributed by atoms with Crippen LogP contribution in [0.4, 0.5) is 0 Å². The first-order valence-electron chi connectivity index (χ1n) is 6.14. The van der Waals surface area contributed by atoms with Gasteiger partial charge in [0.15, 0.2) is 0 Å². The normalized spacial score (nSPS) is 19.6. The van der Waals surface area contributed by atoms with Crippen LogP contribution in [0, 0.1) is 0 Å². The number of halogens is 1. The van der Waals surface area contributed by atoms with E-state index < -0.39 is 0 Å². The van der Waals surface area contributed by atoms with Crippen molar-refractivity contribution in [3.05, 3.63) is 29.0 Å². The van der Waals surface area contributed by atoms with E-state index in [0.717, 1.165) is 5.56 Å². The molecule has 2 rings (SSSR count). The number of hydrogen-bond acceptors (Lipinski definition) is 2. The van der Waals surface area contributed by atoms with Crippen molar-refractivity contribution in [3.8, 4) is 0 Å². The number of nitrogens with zero attached hydrogens (tertiary/aromatic N) is 1. The Kier molecular flexibility index (Phi) is 4.19. The third-order valence-electron chi connectivity index (χ3n) is 3.35. The van der Waals surface area contributed by atoms with E-state index in [1.165, 1.54) is 32.1 Å². The lowest BCUT2D eigenvalue weighted by molar-refractivity contribution is 0.347. The molecule has 1 saturated carbocycles. The van der Waals surface area contributed by atoms with E-state index in [4.69, 9.17) is 11.6 Å². The SMILES string of the molecule is CC(NC1CCCCC1)c1cccnc1Cl. The molecule has 16 heavy (non-hydrogen) atoms. The van der Waals surface area contributed by atoms with Gasteiger partial charge >= 0.3 is 0 Å². The summed E-state index contributed by atoms with van der Waals surface area (Å²) < 4.78 is 0. The quantitative estimate of drug-likeness (QED) is 0.812. The van der Waals surface area contributed by atoms with E-state index in [1.807, 2.05) is 6.07 Å². The molecule has 1 fully saturated rings. The standard InChI is InChI=1S/C13H19ClN2/c1-10(12-8-5-9-15-13(12)14)16-11-6-3-2-4-7-11/h5,8-11,16H,2-4,6-7H2,1H3. The van der Waals surface area contributed by atoms with Gasteiger partial charge < -0.3 is 5.32 Å². The van der Waals surface area contributed by atoms with E-state index in [9.17, 15) is 0 Å². The average Bonchev–Trinajstić information content (AvgIpc) is 2.31. The molecule has 0 aromatic carbocycles. The maximum absolute atomic E-state index is 6.09. The van der Waals surface area contributed by atoms with Crippen LogP contribution in [-0.4, -0.2) is 11.0 Å². The monoisotopic (exact) mass is 238 g/mol. The first-order chi connectivity index (χ1) is 7.77. The summed E-state index contributed by atoms with van der Waals surface area (Å²) in [6.07, 6.45) is 8.42. The minimum atomic E-state index is 0.296. The highest BCUT2D eigenvalue weighted by atomic mass is 35.5. The highest BCUT2D eigenvalue weighted by molar-refractivity contribution is 6.30. The molecule has 88 valence electrons. The Balaban J connectivity index is 1.96. The maximum atomic E-state index is 6.09. The fourth-order valence-electron chi connectivity index (χ4n) is 2.43.